The number of halogens is 5. The van der Waals surface area contributed by atoms with Crippen molar-refractivity contribution in [2.24, 2.45) is 0 Å². The number of nitrogen functional groups attached to an aromatic ring is 1. The number of hydrogen-bond donors (Lipinski definition) is 2. The van der Waals surface area contributed by atoms with E-state index >= 15 is 0 Å². The van der Waals surface area contributed by atoms with Crippen molar-refractivity contribution in [3.05, 3.63) is 51.1 Å². The summed E-state index contributed by atoms with van der Waals surface area (Å²) < 4.78 is 40.0. The minimum absolute atomic E-state index is 0.0411. The molecule has 0 aliphatic carbocycles. The van der Waals surface area contributed by atoms with Crippen LogP contribution in [0.2, 0.25) is 5.02 Å². The molecule has 0 aliphatic rings. The molecular formula is C14H12BrClF3N3. The van der Waals surface area contributed by atoms with Crippen LogP contribution in [0.5, 0.6) is 0 Å². The molecular weight excluding hydrogens is 383 g/mol. The Morgan fingerprint density at radius 1 is 1.32 bits per heavy atom. The number of aromatic nitrogens is 1. The lowest BCUT2D eigenvalue weighted by Crippen LogP contribution is -2.16. The zero-order chi connectivity index (χ0) is 16.5. The van der Waals surface area contributed by atoms with E-state index in [4.69, 9.17) is 17.3 Å². The third-order valence-electron chi connectivity index (χ3n) is 3.04. The van der Waals surface area contributed by atoms with E-state index in [0.29, 0.717) is 10.2 Å². The fourth-order valence-electron chi connectivity index (χ4n) is 2.03. The number of nitrogens with one attached hydrogen (secondary N) is 1. The van der Waals surface area contributed by atoms with Crippen LogP contribution in [0.15, 0.2) is 34.9 Å². The van der Waals surface area contributed by atoms with Crippen molar-refractivity contribution in [3.8, 4) is 0 Å². The van der Waals surface area contributed by atoms with Gasteiger partial charge in [-0.3, -0.25) is 0 Å². The van der Waals surface area contributed by atoms with Crippen molar-refractivity contribution in [2.75, 3.05) is 11.1 Å². The standard InChI is InChI=1S/C14H12BrClF3N3/c1-7(22-12-4-8(15)6-21-13(12)20)10-5-9(16)2-3-11(10)14(17,18)19/h2-7,22H,1H3,(H2,20,21). The van der Waals surface area contributed by atoms with Crippen molar-refractivity contribution >= 4 is 39.0 Å². The molecule has 0 spiro atoms. The summed E-state index contributed by atoms with van der Waals surface area (Å²) in [6.07, 6.45) is -2.96. The van der Waals surface area contributed by atoms with Gasteiger partial charge in [0.2, 0.25) is 0 Å². The molecule has 3 nitrogen and oxygen atoms in total. The van der Waals surface area contributed by atoms with Gasteiger partial charge in [-0.25, -0.2) is 4.98 Å². The molecule has 0 aliphatic heterocycles. The Hall–Kier alpha value is -1.47. The summed E-state index contributed by atoms with van der Waals surface area (Å²) in [5.41, 5.74) is 5.47. The fourth-order valence-corrected chi connectivity index (χ4v) is 2.54. The number of hydrogen-bond acceptors (Lipinski definition) is 3. The maximum Gasteiger partial charge on any atom is 0.416 e. The van der Waals surface area contributed by atoms with Gasteiger partial charge in [-0.05, 0) is 52.7 Å². The van der Waals surface area contributed by atoms with Crippen LogP contribution >= 0.6 is 27.5 Å². The Balaban J connectivity index is 2.39. The Kier molecular flexibility index (Phi) is 4.87. The van der Waals surface area contributed by atoms with Gasteiger partial charge in [-0.15, -0.1) is 0 Å². The number of alkyl halides is 3. The summed E-state index contributed by atoms with van der Waals surface area (Å²) >= 11 is 9.07. The first-order valence-electron chi connectivity index (χ1n) is 6.22. The summed E-state index contributed by atoms with van der Waals surface area (Å²) in [4.78, 5) is 3.93. The van der Waals surface area contributed by atoms with Crippen molar-refractivity contribution in [1.82, 2.24) is 4.98 Å². The van der Waals surface area contributed by atoms with Crippen LogP contribution in [0.1, 0.15) is 24.1 Å². The molecule has 0 bridgehead atoms. The van der Waals surface area contributed by atoms with E-state index in [2.05, 4.69) is 26.2 Å². The van der Waals surface area contributed by atoms with Crippen LogP contribution in [0.4, 0.5) is 24.7 Å². The zero-order valence-electron chi connectivity index (χ0n) is 11.4. The lowest BCUT2D eigenvalue weighted by atomic mass is 10.0. The molecule has 1 atom stereocenters. The third kappa shape index (κ3) is 3.84. The predicted octanol–water partition coefficient (Wildman–Crippen LogP) is 5.27. The predicted molar refractivity (Wildman–Crippen MR) is 84.8 cm³/mol. The summed E-state index contributed by atoms with van der Waals surface area (Å²) in [5.74, 6) is 0.200. The molecule has 1 unspecified atom stereocenters. The Labute approximate surface area is 138 Å². The van der Waals surface area contributed by atoms with Crippen LogP contribution in [0.3, 0.4) is 0 Å². The molecule has 0 radical (unpaired) electrons. The summed E-state index contributed by atoms with van der Waals surface area (Å²) in [5, 5.41) is 3.16. The second-order valence-corrected chi connectivity index (χ2v) is 6.03. The first-order valence-corrected chi connectivity index (χ1v) is 7.40. The highest BCUT2D eigenvalue weighted by Crippen LogP contribution is 2.37. The molecule has 2 rings (SSSR count). The van der Waals surface area contributed by atoms with E-state index in [1.807, 2.05) is 0 Å². The molecule has 1 aromatic heterocycles. The van der Waals surface area contributed by atoms with Gasteiger partial charge in [0.15, 0.2) is 0 Å². The van der Waals surface area contributed by atoms with E-state index in [1.165, 1.54) is 18.3 Å². The SMILES string of the molecule is CC(Nc1cc(Br)cnc1N)c1cc(Cl)ccc1C(F)(F)F. The fraction of sp³-hybridized carbons (Fsp3) is 0.214. The van der Waals surface area contributed by atoms with Gasteiger partial charge in [-0.2, -0.15) is 13.2 Å². The second kappa shape index (κ2) is 6.34. The number of anilines is 2. The highest BCUT2D eigenvalue weighted by Gasteiger charge is 2.34. The zero-order valence-corrected chi connectivity index (χ0v) is 13.7. The maximum absolute atomic E-state index is 13.1. The van der Waals surface area contributed by atoms with Gasteiger partial charge >= 0.3 is 6.18 Å². The topological polar surface area (TPSA) is 50.9 Å². The van der Waals surface area contributed by atoms with Gasteiger partial charge < -0.3 is 11.1 Å². The number of nitrogens with two attached hydrogens (primary N) is 1. The maximum atomic E-state index is 13.1. The number of benzene rings is 1. The molecule has 1 heterocycles. The molecule has 8 heteroatoms. The van der Waals surface area contributed by atoms with Gasteiger partial charge in [-0.1, -0.05) is 11.6 Å². The van der Waals surface area contributed by atoms with Crippen LogP contribution in [-0.4, -0.2) is 4.98 Å². The monoisotopic (exact) mass is 393 g/mol. The lowest BCUT2D eigenvalue weighted by Gasteiger charge is -2.21. The first kappa shape index (κ1) is 16.9. The number of rotatable bonds is 3. The molecule has 3 N–H and O–H groups in total. The summed E-state index contributed by atoms with van der Waals surface area (Å²) in [6.45, 7) is 1.60. The Morgan fingerprint density at radius 3 is 2.64 bits per heavy atom. The summed E-state index contributed by atoms with van der Waals surface area (Å²) in [7, 11) is 0. The average molecular weight is 395 g/mol. The molecule has 0 amide bonds. The Morgan fingerprint density at radius 2 is 2.00 bits per heavy atom. The molecule has 0 fully saturated rings. The van der Waals surface area contributed by atoms with Crippen molar-refractivity contribution in [1.29, 1.82) is 0 Å². The minimum atomic E-state index is -4.46. The molecule has 22 heavy (non-hydrogen) atoms. The lowest BCUT2D eigenvalue weighted by molar-refractivity contribution is -0.138. The van der Waals surface area contributed by atoms with E-state index in [1.54, 1.807) is 13.0 Å². The van der Waals surface area contributed by atoms with Crippen molar-refractivity contribution in [2.45, 2.75) is 19.1 Å². The van der Waals surface area contributed by atoms with E-state index in [9.17, 15) is 13.2 Å². The molecule has 0 saturated carbocycles. The normalized spacial score (nSPS) is 13.0. The van der Waals surface area contributed by atoms with Crippen LogP contribution < -0.4 is 11.1 Å². The molecule has 1 aromatic carbocycles. The van der Waals surface area contributed by atoms with E-state index in [0.717, 1.165) is 6.07 Å². The first-order chi connectivity index (χ1) is 10.2. The average Bonchev–Trinajstić information content (AvgIpc) is 2.41. The third-order valence-corrected chi connectivity index (χ3v) is 3.71. The quantitative estimate of drug-likeness (QED) is 0.745. The largest absolute Gasteiger partial charge is 0.416 e. The van der Waals surface area contributed by atoms with Gasteiger partial charge in [0, 0.05) is 21.7 Å². The van der Waals surface area contributed by atoms with Crippen molar-refractivity contribution in [3.63, 3.8) is 0 Å². The van der Waals surface area contributed by atoms with Crippen LogP contribution in [0.25, 0.3) is 0 Å². The highest BCUT2D eigenvalue weighted by molar-refractivity contribution is 9.10. The highest BCUT2D eigenvalue weighted by atomic mass is 79.9. The van der Waals surface area contributed by atoms with E-state index < -0.39 is 17.8 Å². The molecule has 118 valence electrons. The van der Waals surface area contributed by atoms with Gasteiger partial charge in [0.1, 0.15) is 5.82 Å². The smallest absolute Gasteiger partial charge is 0.382 e. The molecule has 0 saturated heterocycles. The minimum Gasteiger partial charge on any atom is -0.382 e. The van der Waals surface area contributed by atoms with Gasteiger partial charge in [0.05, 0.1) is 11.3 Å². The second-order valence-electron chi connectivity index (χ2n) is 4.68. The van der Waals surface area contributed by atoms with Crippen molar-refractivity contribution < 1.29 is 13.2 Å². The number of pyridine rings is 1. The van der Waals surface area contributed by atoms with Crippen LogP contribution in [0, 0.1) is 0 Å². The van der Waals surface area contributed by atoms with Crippen LogP contribution in [-0.2, 0) is 6.18 Å². The van der Waals surface area contributed by atoms with E-state index in [-0.39, 0.29) is 16.4 Å². The van der Waals surface area contributed by atoms with Gasteiger partial charge in [0.25, 0.3) is 0 Å². The number of nitrogens with zero attached hydrogens (tertiary/aromatic N) is 1. The molecule has 2 aromatic rings. The summed E-state index contributed by atoms with van der Waals surface area (Å²) in [6, 6.07) is 4.47. The Bertz CT molecular complexity index is 692.